The highest BCUT2D eigenvalue weighted by Crippen LogP contribution is 2.22. The van der Waals surface area contributed by atoms with Crippen LogP contribution < -0.4 is 0 Å². The highest BCUT2D eigenvalue weighted by atomic mass is 19.1. The molecule has 1 aromatic carbocycles. The monoisotopic (exact) mass is 200 g/mol. The third-order valence-corrected chi connectivity index (χ3v) is 2.11. The Morgan fingerprint density at radius 1 is 1.36 bits per heavy atom. The van der Waals surface area contributed by atoms with Gasteiger partial charge in [-0.05, 0) is 25.5 Å². The molecule has 0 aliphatic carbocycles. The van der Waals surface area contributed by atoms with Crippen LogP contribution in [0.1, 0.15) is 24.0 Å². The Morgan fingerprint density at radius 2 is 1.93 bits per heavy atom. The number of carboxylic acid groups (broad SMARTS) is 1. The Kier molecular flexibility index (Phi) is 2.84. The van der Waals surface area contributed by atoms with Gasteiger partial charge in [0, 0.05) is 11.6 Å². The minimum atomic E-state index is -1.13. The molecular weight excluding hydrogens is 190 g/mol. The first kappa shape index (κ1) is 10.6. The van der Waals surface area contributed by atoms with Crippen LogP contribution in [0.15, 0.2) is 12.1 Å². The van der Waals surface area contributed by atoms with Gasteiger partial charge in [0.1, 0.15) is 11.6 Å². The Balaban J connectivity index is 3.22. The Labute approximate surface area is 80.2 Å². The van der Waals surface area contributed by atoms with E-state index in [1.807, 2.05) is 0 Å². The fourth-order valence-corrected chi connectivity index (χ4v) is 1.14. The predicted octanol–water partition coefficient (Wildman–Crippen LogP) is 2.46. The van der Waals surface area contributed by atoms with Crippen molar-refractivity contribution >= 4 is 5.97 Å². The summed E-state index contributed by atoms with van der Waals surface area (Å²) in [6.07, 6.45) is 0. The van der Waals surface area contributed by atoms with Crippen LogP contribution in [0.25, 0.3) is 0 Å². The molecule has 1 N–H and O–H groups in total. The van der Waals surface area contributed by atoms with Crippen LogP contribution in [0.3, 0.4) is 0 Å². The molecule has 0 fully saturated rings. The van der Waals surface area contributed by atoms with Gasteiger partial charge < -0.3 is 5.11 Å². The molecule has 1 atom stereocenters. The number of halogens is 2. The molecule has 76 valence electrons. The van der Waals surface area contributed by atoms with E-state index in [1.54, 1.807) is 0 Å². The normalized spacial score (nSPS) is 12.6. The average molecular weight is 200 g/mol. The molecule has 0 bridgehead atoms. The molecule has 1 rings (SSSR count). The Hall–Kier alpha value is -1.45. The second kappa shape index (κ2) is 3.74. The van der Waals surface area contributed by atoms with Crippen LogP contribution in [0, 0.1) is 18.6 Å². The van der Waals surface area contributed by atoms with Crippen molar-refractivity contribution in [3.63, 3.8) is 0 Å². The second-order valence-corrected chi connectivity index (χ2v) is 3.18. The van der Waals surface area contributed by atoms with Gasteiger partial charge in [0.25, 0.3) is 0 Å². The van der Waals surface area contributed by atoms with Crippen molar-refractivity contribution in [2.24, 2.45) is 0 Å². The van der Waals surface area contributed by atoms with Crippen molar-refractivity contribution in [2.45, 2.75) is 19.8 Å². The summed E-state index contributed by atoms with van der Waals surface area (Å²) in [7, 11) is 0. The van der Waals surface area contributed by atoms with Gasteiger partial charge in [-0.1, -0.05) is 0 Å². The molecule has 1 aromatic rings. The quantitative estimate of drug-likeness (QED) is 0.796. The summed E-state index contributed by atoms with van der Waals surface area (Å²) in [6.45, 7) is 2.82. The lowest BCUT2D eigenvalue weighted by Crippen LogP contribution is -2.10. The standard InChI is InChI=1S/C10H10F2O2/c1-5-3-7(6(2)10(13)14)9(12)4-8(5)11/h3-4,6H,1-2H3,(H,13,14). The number of carboxylic acids is 1. The first-order chi connectivity index (χ1) is 6.43. The average Bonchev–Trinajstić information content (AvgIpc) is 2.10. The molecule has 0 aromatic heterocycles. The topological polar surface area (TPSA) is 37.3 Å². The summed E-state index contributed by atoms with van der Waals surface area (Å²) in [4.78, 5) is 10.6. The highest BCUT2D eigenvalue weighted by Gasteiger charge is 2.19. The fourth-order valence-electron chi connectivity index (χ4n) is 1.14. The largest absolute Gasteiger partial charge is 0.481 e. The molecule has 0 saturated heterocycles. The van der Waals surface area contributed by atoms with Gasteiger partial charge in [-0.2, -0.15) is 0 Å². The van der Waals surface area contributed by atoms with Crippen molar-refractivity contribution < 1.29 is 18.7 Å². The van der Waals surface area contributed by atoms with Gasteiger partial charge >= 0.3 is 5.97 Å². The zero-order valence-electron chi connectivity index (χ0n) is 7.84. The van der Waals surface area contributed by atoms with Gasteiger partial charge in [-0.15, -0.1) is 0 Å². The summed E-state index contributed by atoms with van der Waals surface area (Å²) in [6, 6.07) is 1.94. The Morgan fingerprint density at radius 3 is 2.43 bits per heavy atom. The maximum atomic E-state index is 13.1. The van der Waals surface area contributed by atoms with Crippen LogP contribution in [0.5, 0.6) is 0 Å². The minimum absolute atomic E-state index is 0.0106. The van der Waals surface area contributed by atoms with Crippen LogP contribution in [0.4, 0.5) is 8.78 Å². The Bertz CT molecular complexity index is 375. The van der Waals surface area contributed by atoms with Crippen LogP contribution in [-0.4, -0.2) is 11.1 Å². The summed E-state index contributed by atoms with van der Waals surface area (Å²) >= 11 is 0. The molecule has 0 spiro atoms. The number of carbonyl (C=O) groups is 1. The number of aryl methyl sites for hydroxylation is 1. The summed E-state index contributed by atoms with van der Waals surface area (Å²) < 4.78 is 26.0. The molecule has 0 aliphatic rings. The number of aliphatic carboxylic acids is 1. The lowest BCUT2D eigenvalue weighted by Gasteiger charge is -2.09. The van der Waals surface area contributed by atoms with Crippen LogP contribution >= 0.6 is 0 Å². The van der Waals surface area contributed by atoms with Crippen molar-refractivity contribution in [2.75, 3.05) is 0 Å². The number of rotatable bonds is 2. The molecule has 0 saturated carbocycles. The third kappa shape index (κ3) is 1.89. The minimum Gasteiger partial charge on any atom is -0.481 e. The summed E-state index contributed by atoms with van der Waals surface area (Å²) in [5.41, 5.74) is 0.255. The predicted molar refractivity (Wildman–Crippen MR) is 47.1 cm³/mol. The molecule has 4 heteroatoms. The van der Waals surface area contributed by atoms with Crippen molar-refractivity contribution in [1.82, 2.24) is 0 Å². The van der Waals surface area contributed by atoms with Gasteiger partial charge in [0.05, 0.1) is 5.92 Å². The van der Waals surface area contributed by atoms with E-state index >= 15 is 0 Å². The summed E-state index contributed by atoms with van der Waals surface area (Å²) in [5.74, 6) is -3.57. The van der Waals surface area contributed by atoms with E-state index in [9.17, 15) is 13.6 Å². The second-order valence-electron chi connectivity index (χ2n) is 3.18. The molecule has 0 aliphatic heterocycles. The fraction of sp³-hybridized carbons (Fsp3) is 0.300. The van der Waals surface area contributed by atoms with Crippen molar-refractivity contribution in [3.05, 3.63) is 34.9 Å². The number of benzene rings is 1. The first-order valence-electron chi connectivity index (χ1n) is 4.12. The van der Waals surface area contributed by atoms with Crippen LogP contribution in [-0.2, 0) is 4.79 Å². The zero-order chi connectivity index (χ0) is 10.9. The zero-order valence-corrected chi connectivity index (χ0v) is 7.84. The molecule has 0 radical (unpaired) electrons. The van der Waals surface area contributed by atoms with Gasteiger partial charge in [-0.3, -0.25) is 4.79 Å². The lowest BCUT2D eigenvalue weighted by molar-refractivity contribution is -0.138. The van der Waals surface area contributed by atoms with Gasteiger partial charge in [-0.25, -0.2) is 8.78 Å². The van der Waals surface area contributed by atoms with Gasteiger partial charge in [0.2, 0.25) is 0 Å². The molecular formula is C10H10F2O2. The number of hydrogen-bond donors (Lipinski definition) is 1. The summed E-state index contributed by atoms with van der Waals surface area (Å²) in [5, 5.41) is 8.66. The van der Waals surface area contributed by atoms with Crippen molar-refractivity contribution in [1.29, 1.82) is 0 Å². The van der Waals surface area contributed by atoms with E-state index in [0.29, 0.717) is 6.07 Å². The van der Waals surface area contributed by atoms with Crippen molar-refractivity contribution in [3.8, 4) is 0 Å². The van der Waals surface area contributed by atoms with Gasteiger partial charge in [0.15, 0.2) is 0 Å². The SMILES string of the molecule is Cc1cc(C(C)C(=O)O)c(F)cc1F. The lowest BCUT2D eigenvalue weighted by atomic mass is 9.99. The molecule has 1 unspecified atom stereocenters. The first-order valence-corrected chi connectivity index (χ1v) is 4.12. The third-order valence-electron chi connectivity index (χ3n) is 2.11. The maximum Gasteiger partial charge on any atom is 0.310 e. The maximum absolute atomic E-state index is 13.1. The van der Waals surface area contributed by atoms with E-state index in [1.165, 1.54) is 19.9 Å². The van der Waals surface area contributed by atoms with E-state index < -0.39 is 23.5 Å². The molecule has 2 nitrogen and oxygen atoms in total. The molecule has 0 amide bonds. The van der Waals surface area contributed by atoms with E-state index in [-0.39, 0.29) is 11.1 Å². The highest BCUT2D eigenvalue weighted by molar-refractivity contribution is 5.75. The molecule has 14 heavy (non-hydrogen) atoms. The van der Waals surface area contributed by atoms with Crippen LogP contribution in [0.2, 0.25) is 0 Å². The smallest absolute Gasteiger partial charge is 0.310 e. The van der Waals surface area contributed by atoms with E-state index in [2.05, 4.69) is 0 Å². The van der Waals surface area contributed by atoms with E-state index in [4.69, 9.17) is 5.11 Å². The molecule has 0 heterocycles. The number of hydrogen-bond acceptors (Lipinski definition) is 1. The van der Waals surface area contributed by atoms with E-state index in [0.717, 1.165) is 0 Å².